The Kier molecular flexibility index (Phi) is 4.89. The van der Waals surface area contributed by atoms with Gasteiger partial charge in [0.1, 0.15) is 0 Å². The molecule has 0 spiro atoms. The van der Waals surface area contributed by atoms with Gasteiger partial charge in [-0.25, -0.2) is 0 Å². The van der Waals surface area contributed by atoms with Crippen molar-refractivity contribution in [2.45, 2.75) is 17.5 Å². The second-order valence-electron chi connectivity index (χ2n) is 3.42. The van der Waals surface area contributed by atoms with Gasteiger partial charge >= 0.3 is 6.18 Å². The number of rotatable bonds is 4. The number of ketones is 1. The highest BCUT2D eigenvalue weighted by molar-refractivity contribution is 7.98. The van der Waals surface area contributed by atoms with Gasteiger partial charge in [-0.15, -0.1) is 23.4 Å². The van der Waals surface area contributed by atoms with Gasteiger partial charge < -0.3 is 0 Å². The normalized spacial score (nSPS) is 11.6. The van der Waals surface area contributed by atoms with Gasteiger partial charge in [-0.1, -0.05) is 0 Å². The van der Waals surface area contributed by atoms with Crippen LogP contribution < -0.4 is 0 Å². The van der Waals surface area contributed by atoms with Gasteiger partial charge in [0, 0.05) is 11.3 Å². The van der Waals surface area contributed by atoms with Crippen LogP contribution in [0.25, 0.3) is 0 Å². The highest BCUT2D eigenvalue weighted by atomic mass is 35.5. The summed E-state index contributed by atoms with van der Waals surface area (Å²) < 4.78 is 37.7. The second kappa shape index (κ2) is 5.78. The average molecular weight is 283 g/mol. The Morgan fingerprint density at radius 1 is 1.35 bits per heavy atom. The lowest BCUT2D eigenvalue weighted by atomic mass is 10.1. The van der Waals surface area contributed by atoms with Crippen molar-refractivity contribution in [3.8, 4) is 0 Å². The second-order valence-corrected chi connectivity index (χ2v) is 4.56. The minimum absolute atomic E-state index is 0.0685. The van der Waals surface area contributed by atoms with Gasteiger partial charge in [0.25, 0.3) is 0 Å². The summed E-state index contributed by atoms with van der Waals surface area (Å²) in [4.78, 5) is 11.6. The molecular formula is C11H10ClF3OS. The van der Waals surface area contributed by atoms with Crippen molar-refractivity contribution in [1.29, 1.82) is 0 Å². The molecule has 1 rings (SSSR count). The first-order valence-electron chi connectivity index (χ1n) is 4.69. The molecule has 0 aromatic heterocycles. The van der Waals surface area contributed by atoms with E-state index in [-0.39, 0.29) is 18.1 Å². The first-order valence-corrected chi connectivity index (χ1v) is 6.45. The maximum absolute atomic E-state index is 12.6. The minimum Gasteiger partial charge on any atom is -0.298 e. The molecule has 1 aromatic rings. The molecule has 0 atom stereocenters. The van der Waals surface area contributed by atoms with E-state index in [1.54, 1.807) is 12.3 Å². The fourth-order valence-corrected chi connectivity index (χ4v) is 1.93. The quantitative estimate of drug-likeness (QED) is 0.617. The molecule has 0 aliphatic carbocycles. The van der Waals surface area contributed by atoms with E-state index < -0.39 is 11.7 Å². The molecule has 17 heavy (non-hydrogen) atoms. The molecule has 0 unspecified atom stereocenters. The Labute approximate surface area is 106 Å². The smallest absolute Gasteiger partial charge is 0.298 e. The minimum atomic E-state index is -4.40. The maximum atomic E-state index is 12.6. The standard InChI is InChI=1S/C11H10ClF3OS/c1-17-10-4-7(3-9(16)6-12)2-8(5-10)11(13,14)15/h2,4-5H,3,6H2,1H3. The van der Waals surface area contributed by atoms with Crippen molar-refractivity contribution >= 4 is 29.1 Å². The Morgan fingerprint density at radius 3 is 2.47 bits per heavy atom. The fourth-order valence-electron chi connectivity index (χ4n) is 1.32. The van der Waals surface area contributed by atoms with Gasteiger partial charge in [-0.3, -0.25) is 4.79 Å². The first-order chi connectivity index (χ1) is 7.86. The molecular weight excluding hydrogens is 273 g/mol. The van der Waals surface area contributed by atoms with Crippen LogP contribution in [0.15, 0.2) is 23.1 Å². The van der Waals surface area contributed by atoms with Crippen molar-refractivity contribution in [2.75, 3.05) is 12.1 Å². The summed E-state index contributed by atoms with van der Waals surface area (Å²) in [6.45, 7) is 0. The van der Waals surface area contributed by atoms with Crippen LogP contribution in [0.4, 0.5) is 13.2 Å². The van der Waals surface area contributed by atoms with Crippen LogP contribution >= 0.6 is 23.4 Å². The molecule has 0 radical (unpaired) electrons. The number of halogens is 4. The lowest BCUT2D eigenvalue weighted by Gasteiger charge is -2.10. The van der Waals surface area contributed by atoms with Crippen LogP contribution in [0.1, 0.15) is 11.1 Å². The molecule has 94 valence electrons. The van der Waals surface area contributed by atoms with Gasteiger partial charge in [-0.2, -0.15) is 13.2 Å². The Hall–Kier alpha value is -0.680. The third-order valence-corrected chi connectivity index (χ3v) is 3.08. The molecule has 0 fully saturated rings. The third kappa shape index (κ3) is 4.24. The zero-order valence-electron chi connectivity index (χ0n) is 8.97. The van der Waals surface area contributed by atoms with E-state index in [4.69, 9.17) is 11.6 Å². The zero-order valence-corrected chi connectivity index (χ0v) is 10.5. The molecule has 0 saturated heterocycles. The largest absolute Gasteiger partial charge is 0.416 e. The van der Waals surface area contributed by atoms with Gasteiger partial charge in [0.2, 0.25) is 0 Å². The molecule has 0 aliphatic heterocycles. The summed E-state index contributed by atoms with van der Waals surface area (Å²) in [6.07, 6.45) is -2.78. The van der Waals surface area contributed by atoms with Crippen molar-refractivity contribution in [3.05, 3.63) is 29.3 Å². The van der Waals surface area contributed by atoms with Gasteiger partial charge in [-0.05, 0) is 30.0 Å². The summed E-state index contributed by atoms with van der Waals surface area (Å²) in [5.74, 6) is -0.483. The monoisotopic (exact) mass is 282 g/mol. The number of carbonyl (C=O) groups is 1. The molecule has 0 heterocycles. The van der Waals surface area contributed by atoms with Crippen molar-refractivity contribution in [3.63, 3.8) is 0 Å². The number of carbonyl (C=O) groups excluding carboxylic acids is 1. The fraction of sp³-hybridized carbons (Fsp3) is 0.364. The summed E-state index contributed by atoms with van der Waals surface area (Å²) in [6, 6.07) is 3.63. The molecule has 0 aliphatic rings. The van der Waals surface area contributed by atoms with E-state index in [0.717, 1.165) is 12.1 Å². The van der Waals surface area contributed by atoms with Crippen LogP contribution in [-0.4, -0.2) is 17.9 Å². The molecule has 1 nitrogen and oxygen atoms in total. The van der Waals surface area contributed by atoms with E-state index in [9.17, 15) is 18.0 Å². The first kappa shape index (κ1) is 14.4. The topological polar surface area (TPSA) is 17.1 Å². The summed E-state index contributed by atoms with van der Waals surface area (Å²) in [5.41, 5.74) is -0.392. The van der Waals surface area contributed by atoms with Crippen molar-refractivity contribution < 1.29 is 18.0 Å². The predicted molar refractivity (Wildman–Crippen MR) is 62.7 cm³/mol. The molecule has 0 amide bonds. The van der Waals surface area contributed by atoms with Crippen molar-refractivity contribution in [2.24, 2.45) is 0 Å². The SMILES string of the molecule is CSc1cc(CC(=O)CCl)cc(C(F)(F)F)c1. The highest BCUT2D eigenvalue weighted by Crippen LogP contribution is 2.32. The van der Waals surface area contributed by atoms with Gasteiger partial charge in [0.15, 0.2) is 5.78 Å². The summed E-state index contributed by atoms with van der Waals surface area (Å²) in [7, 11) is 0. The lowest BCUT2D eigenvalue weighted by Crippen LogP contribution is -2.08. The average Bonchev–Trinajstić information content (AvgIpc) is 2.27. The van der Waals surface area contributed by atoms with Crippen LogP contribution in [0.2, 0.25) is 0 Å². The third-order valence-electron chi connectivity index (χ3n) is 2.08. The van der Waals surface area contributed by atoms with E-state index >= 15 is 0 Å². The lowest BCUT2D eigenvalue weighted by molar-refractivity contribution is -0.137. The Balaban J connectivity index is 3.10. The van der Waals surface area contributed by atoms with E-state index in [1.165, 1.54) is 11.8 Å². The van der Waals surface area contributed by atoms with Crippen LogP contribution in [0.5, 0.6) is 0 Å². The van der Waals surface area contributed by atoms with Crippen molar-refractivity contribution in [1.82, 2.24) is 0 Å². The molecule has 0 saturated carbocycles. The molecule has 1 aromatic carbocycles. The molecule has 6 heteroatoms. The number of hydrogen-bond donors (Lipinski definition) is 0. The number of thioether (sulfide) groups is 1. The molecule has 0 N–H and O–H groups in total. The van der Waals surface area contributed by atoms with E-state index in [2.05, 4.69) is 0 Å². The predicted octanol–water partition coefficient (Wildman–Crippen LogP) is 3.78. The Morgan fingerprint density at radius 2 is 2.00 bits per heavy atom. The van der Waals surface area contributed by atoms with Crippen LogP contribution in [0, 0.1) is 0 Å². The number of Topliss-reactive ketones (excluding diaryl/α,β-unsaturated/α-hetero) is 1. The number of hydrogen-bond acceptors (Lipinski definition) is 2. The zero-order chi connectivity index (χ0) is 13.1. The molecule has 0 bridgehead atoms. The van der Waals surface area contributed by atoms with E-state index in [0.29, 0.717) is 10.5 Å². The maximum Gasteiger partial charge on any atom is 0.416 e. The van der Waals surface area contributed by atoms with Gasteiger partial charge in [0.05, 0.1) is 11.4 Å². The Bertz CT molecular complexity index is 418. The highest BCUT2D eigenvalue weighted by Gasteiger charge is 2.31. The summed E-state index contributed by atoms with van der Waals surface area (Å²) in [5, 5.41) is 0. The van der Waals surface area contributed by atoms with Crippen LogP contribution in [0.3, 0.4) is 0 Å². The van der Waals surface area contributed by atoms with E-state index in [1.807, 2.05) is 0 Å². The number of alkyl halides is 4. The summed E-state index contributed by atoms with van der Waals surface area (Å²) >= 11 is 6.53. The van der Waals surface area contributed by atoms with Crippen LogP contribution in [-0.2, 0) is 17.4 Å². The number of benzene rings is 1.